The van der Waals surface area contributed by atoms with Crippen LogP contribution in [0, 0.1) is 23.7 Å². The Morgan fingerprint density at radius 1 is 0.811 bits per heavy atom. The summed E-state index contributed by atoms with van der Waals surface area (Å²) in [4.78, 5) is 12.9. The second-order valence-corrected chi connectivity index (χ2v) is 30.8. The van der Waals surface area contributed by atoms with Crippen LogP contribution in [0.15, 0.2) is 78.2 Å². The second kappa shape index (κ2) is 11.1. The van der Waals surface area contributed by atoms with Gasteiger partial charge in [-0.15, -0.1) is 0 Å². The molecular formula is C32H49NOSi2Ti. The maximum atomic E-state index is 12.9. The minimum absolute atomic E-state index is 0.198. The molecule has 5 unspecified atom stereocenters. The van der Waals surface area contributed by atoms with E-state index in [0.29, 0.717) is 5.92 Å². The number of carbonyl (C=O) groups excluding carboxylic acids is 1. The average molecular weight is 568 g/mol. The Morgan fingerprint density at radius 3 is 1.84 bits per heavy atom. The number of benzene rings is 1. The third kappa shape index (κ3) is 6.35. The van der Waals surface area contributed by atoms with Crippen LogP contribution in [0.3, 0.4) is 0 Å². The first-order valence-electron chi connectivity index (χ1n) is 14.5. The third-order valence-corrected chi connectivity index (χ3v) is 20.8. The van der Waals surface area contributed by atoms with E-state index in [1.807, 2.05) is 30.3 Å². The first kappa shape index (κ1) is 28.8. The molecule has 0 bridgehead atoms. The molecule has 37 heavy (non-hydrogen) atoms. The molecule has 2 saturated carbocycles. The zero-order chi connectivity index (χ0) is 27.0. The number of fused-ring (bicyclic) bond motifs is 3. The predicted octanol–water partition coefficient (Wildman–Crippen LogP) is 9.16. The Morgan fingerprint density at radius 2 is 1.32 bits per heavy atom. The van der Waals surface area contributed by atoms with Gasteiger partial charge in [-0.1, -0.05) is 62.8 Å². The van der Waals surface area contributed by atoms with Crippen LogP contribution in [0.4, 0.5) is 0 Å². The van der Waals surface area contributed by atoms with Gasteiger partial charge >= 0.3 is 155 Å². The molecule has 5 rings (SSSR count). The van der Waals surface area contributed by atoms with Gasteiger partial charge in [0.2, 0.25) is 0 Å². The van der Waals surface area contributed by atoms with Crippen molar-refractivity contribution in [3.05, 3.63) is 83.7 Å². The van der Waals surface area contributed by atoms with E-state index in [0.717, 1.165) is 27.5 Å². The van der Waals surface area contributed by atoms with E-state index < -0.39 is 33.0 Å². The topological polar surface area (TPSA) is 29.1 Å². The fraction of sp³-hybridized carbons (Fsp3) is 0.531. The van der Waals surface area contributed by atoms with Crippen LogP contribution in [0.5, 0.6) is 0 Å². The summed E-state index contributed by atoms with van der Waals surface area (Å²) in [6, 6.07) is 9.84. The number of allylic oxidation sites excluding steroid dienone is 6. The van der Waals surface area contributed by atoms with E-state index in [1.54, 1.807) is 0 Å². The van der Waals surface area contributed by atoms with E-state index in [1.165, 1.54) is 45.5 Å². The molecule has 1 heterocycles. The van der Waals surface area contributed by atoms with Crippen LogP contribution in [-0.2, 0) is 16.8 Å². The molecule has 0 aromatic heterocycles. The number of carbonyl (C=O) groups is 1. The molecule has 1 amide bonds. The van der Waals surface area contributed by atoms with Crippen molar-refractivity contribution in [2.24, 2.45) is 23.7 Å². The fourth-order valence-electron chi connectivity index (χ4n) is 7.07. The molecule has 1 aromatic carbocycles. The zero-order valence-electron chi connectivity index (χ0n) is 24.1. The summed E-state index contributed by atoms with van der Waals surface area (Å²) in [6.45, 7) is 22.4. The van der Waals surface area contributed by atoms with Gasteiger partial charge in [-0.3, -0.25) is 0 Å². The van der Waals surface area contributed by atoms with E-state index >= 15 is 0 Å². The Balaban J connectivity index is 0.000000229. The summed E-state index contributed by atoms with van der Waals surface area (Å²) in [6.07, 6.45) is 15.1. The van der Waals surface area contributed by atoms with Crippen molar-refractivity contribution in [3.8, 4) is 0 Å². The number of hydrogen-bond acceptors (Lipinski definition) is 1. The van der Waals surface area contributed by atoms with Gasteiger partial charge < -0.3 is 0 Å². The number of rotatable bonds is 6. The van der Waals surface area contributed by atoms with Crippen molar-refractivity contribution < 1.29 is 21.6 Å². The summed E-state index contributed by atoms with van der Waals surface area (Å²) in [7, 11) is -2.39. The van der Waals surface area contributed by atoms with Crippen LogP contribution in [0.2, 0.25) is 53.0 Å². The third-order valence-electron chi connectivity index (χ3n) is 9.47. The van der Waals surface area contributed by atoms with E-state index in [-0.39, 0.29) is 5.91 Å². The summed E-state index contributed by atoms with van der Waals surface area (Å²) in [5, 5.41) is 2.73. The molecule has 5 atom stereocenters. The molecular weight excluding hydrogens is 518 g/mol. The van der Waals surface area contributed by atoms with E-state index in [4.69, 9.17) is 0 Å². The van der Waals surface area contributed by atoms with Crippen LogP contribution < -0.4 is 3.80 Å². The van der Waals surface area contributed by atoms with E-state index in [2.05, 4.69) is 80.5 Å². The Hall–Kier alpha value is -1.20. The van der Waals surface area contributed by atoms with Gasteiger partial charge in [-0.25, -0.2) is 0 Å². The average Bonchev–Trinajstić information content (AvgIpc) is 3.55. The summed E-state index contributed by atoms with van der Waals surface area (Å²) < 4.78 is 7.17. The Kier molecular flexibility index (Phi) is 8.65. The number of hydrogen-bond donors (Lipinski definition) is 1. The summed E-state index contributed by atoms with van der Waals surface area (Å²) in [5.41, 5.74) is 0.841. The van der Waals surface area contributed by atoms with Crippen molar-refractivity contribution >= 4 is 22.1 Å². The molecule has 0 radical (unpaired) electrons. The SMILES string of the molecule is C=C(C(=C)[Si](C)(C)C)[Si](C)(C)C.O=C([NH][Ti]1([CH]2C3C=CC=CC3C3CCCCC32)[CH2][CH2]1)c1ccccc1. The van der Waals surface area contributed by atoms with Gasteiger partial charge in [-0.05, 0) is 0 Å². The molecule has 0 spiro atoms. The molecule has 3 fully saturated rings. The standard InChI is InChI=1S/C13H17.C10H22Si2.C7H7NO.C2H4.Ti/c1-3-7-12-10(5-1)9-11-6-2-4-8-13(11)12;1-9(11(3,4)5)10(2)12(6,7)8;8-7(9)6-4-2-1-3-5-6;1-2;/h1,3,5,7,9-13H,2,4,6,8H2;1-2H2,3-8H3;1-5H,(H2,8,9);1-2H2;/q;;;;+1/p-1. The monoisotopic (exact) mass is 567 g/mol. The molecule has 5 heteroatoms. The quantitative estimate of drug-likeness (QED) is 0.269. The predicted molar refractivity (Wildman–Crippen MR) is 163 cm³/mol. The molecule has 200 valence electrons. The van der Waals surface area contributed by atoms with Gasteiger partial charge in [0.25, 0.3) is 0 Å². The van der Waals surface area contributed by atoms with Gasteiger partial charge in [0.05, 0.1) is 16.1 Å². The molecule has 1 aromatic rings. The van der Waals surface area contributed by atoms with Crippen LogP contribution in [0.25, 0.3) is 0 Å². The molecule has 3 aliphatic carbocycles. The van der Waals surface area contributed by atoms with Gasteiger partial charge in [0.1, 0.15) is 0 Å². The second-order valence-electron chi connectivity index (χ2n) is 14.0. The summed E-state index contributed by atoms with van der Waals surface area (Å²) in [5.74, 6) is 3.40. The first-order chi connectivity index (χ1) is 17.3. The van der Waals surface area contributed by atoms with Gasteiger partial charge in [-0.2, -0.15) is 0 Å². The van der Waals surface area contributed by atoms with Crippen LogP contribution in [0.1, 0.15) is 36.0 Å². The van der Waals surface area contributed by atoms with Crippen LogP contribution in [-0.4, -0.2) is 22.1 Å². The van der Waals surface area contributed by atoms with Crippen molar-refractivity contribution in [1.29, 1.82) is 0 Å². The van der Waals surface area contributed by atoms with Gasteiger partial charge in [0, 0.05) is 0 Å². The normalized spacial score (nSPS) is 29.3. The van der Waals surface area contributed by atoms with Crippen molar-refractivity contribution in [1.82, 2.24) is 3.80 Å². The first-order valence-corrected chi connectivity index (χ1v) is 25.4. The molecule has 1 saturated heterocycles. The van der Waals surface area contributed by atoms with E-state index in [9.17, 15) is 4.79 Å². The Labute approximate surface area is 232 Å². The number of amides is 1. The van der Waals surface area contributed by atoms with Crippen LogP contribution >= 0.6 is 0 Å². The minimum atomic E-state index is -2.27. The Bertz CT molecular complexity index is 1050. The zero-order valence-corrected chi connectivity index (χ0v) is 27.7. The van der Waals surface area contributed by atoms with Crippen molar-refractivity contribution in [3.63, 3.8) is 0 Å². The molecule has 1 aliphatic heterocycles. The van der Waals surface area contributed by atoms with Gasteiger partial charge in [0.15, 0.2) is 0 Å². The van der Waals surface area contributed by atoms with Crippen molar-refractivity contribution in [2.75, 3.05) is 0 Å². The molecule has 2 nitrogen and oxygen atoms in total. The maximum absolute atomic E-state index is 12.9. The molecule has 1 N–H and O–H groups in total. The fourth-order valence-corrected chi connectivity index (χ4v) is 19.5. The summed E-state index contributed by atoms with van der Waals surface area (Å²) >= 11 is -2.27. The number of nitrogens with one attached hydrogen (secondary N) is 1. The molecule has 4 aliphatic rings. The van der Waals surface area contributed by atoms with Crippen molar-refractivity contribution in [2.45, 2.75) is 78.6 Å².